The Morgan fingerprint density at radius 1 is 1.21 bits per heavy atom. The molecule has 2 aromatic rings. The first-order valence-electron chi connectivity index (χ1n) is 7.52. The number of benzene rings is 2. The number of anilines is 2. The first kappa shape index (κ1) is 15.7. The van der Waals surface area contributed by atoms with E-state index in [9.17, 15) is 14.0 Å². The van der Waals surface area contributed by atoms with Crippen molar-refractivity contribution in [2.75, 3.05) is 23.3 Å². The molecule has 1 saturated heterocycles. The summed E-state index contributed by atoms with van der Waals surface area (Å²) >= 11 is 0. The van der Waals surface area contributed by atoms with Crippen LogP contribution in [0.25, 0.3) is 6.08 Å². The normalized spacial score (nSPS) is 14.0. The SMILES string of the molecule is O=C(/C=C/c1cccc(F)c1)Nc1ccc(N2CCNC2=O)cc1. The fourth-order valence-electron chi connectivity index (χ4n) is 2.41. The van der Waals surface area contributed by atoms with E-state index in [1.807, 2.05) is 0 Å². The smallest absolute Gasteiger partial charge is 0.321 e. The molecule has 5 nitrogen and oxygen atoms in total. The highest BCUT2D eigenvalue weighted by molar-refractivity contribution is 6.02. The Bertz CT molecular complexity index is 787. The quantitative estimate of drug-likeness (QED) is 0.849. The van der Waals surface area contributed by atoms with Gasteiger partial charge in [-0.25, -0.2) is 9.18 Å². The summed E-state index contributed by atoms with van der Waals surface area (Å²) in [6, 6.07) is 12.9. The van der Waals surface area contributed by atoms with Crippen molar-refractivity contribution in [3.05, 3.63) is 66.0 Å². The van der Waals surface area contributed by atoms with Gasteiger partial charge in [0.15, 0.2) is 0 Å². The minimum absolute atomic E-state index is 0.121. The summed E-state index contributed by atoms with van der Waals surface area (Å²) in [5, 5.41) is 5.45. The van der Waals surface area contributed by atoms with E-state index in [2.05, 4.69) is 10.6 Å². The van der Waals surface area contributed by atoms with Crippen LogP contribution in [0, 0.1) is 5.82 Å². The first-order valence-corrected chi connectivity index (χ1v) is 7.52. The number of halogens is 1. The Balaban J connectivity index is 1.61. The van der Waals surface area contributed by atoms with Crippen molar-refractivity contribution in [3.8, 4) is 0 Å². The van der Waals surface area contributed by atoms with Gasteiger partial charge in [-0.05, 0) is 48.0 Å². The molecule has 0 unspecified atom stereocenters. The predicted octanol–water partition coefficient (Wildman–Crippen LogP) is 3.01. The van der Waals surface area contributed by atoms with Gasteiger partial charge >= 0.3 is 6.03 Å². The number of hydrogen-bond donors (Lipinski definition) is 2. The van der Waals surface area contributed by atoms with Crippen LogP contribution in [-0.4, -0.2) is 25.0 Å². The lowest BCUT2D eigenvalue weighted by Crippen LogP contribution is -2.27. The fourth-order valence-corrected chi connectivity index (χ4v) is 2.41. The second-order valence-electron chi connectivity index (χ2n) is 5.31. The van der Waals surface area contributed by atoms with Crippen LogP contribution in [0.2, 0.25) is 0 Å². The lowest BCUT2D eigenvalue weighted by molar-refractivity contribution is -0.111. The standard InChI is InChI=1S/C18H16FN3O2/c19-14-3-1-2-13(12-14)4-9-17(23)21-15-5-7-16(8-6-15)22-11-10-20-18(22)24/h1-9,12H,10-11H2,(H,20,24)(H,21,23)/b9-4+. The lowest BCUT2D eigenvalue weighted by Gasteiger charge is -2.14. The van der Waals surface area contributed by atoms with Gasteiger partial charge < -0.3 is 10.6 Å². The second kappa shape index (κ2) is 6.95. The number of urea groups is 1. The largest absolute Gasteiger partial charge is 0.336 e. The number of nitrogens with one attached hydrogen (secondary N) is 2. The number of carbonyl (C=O) groups excluding carboxylic acids is 2. The van der Waals surface area contributed by atoms with E-state index in [1.54, 1.807) is 47.4 Å². The fraction of sp³-hybridized carbons (Fsp3) is 0.111. The zero-order valence-corrected chi connectivity index (χ0v) is 12.8. The van der Waals surface area contributed by atoms with Crippen LogP contribution < -0.4 is 15.5 Å². The molecule has 1 fully saturated rings. The van der Waals surface area contributed by atoms with Crippen molar-refractivity contribution in [3.63, 3.8) is 0 Å². The summed E-state index contributed by atoms with van der Waals surface area (Å²) in [7, 11) is 0. The molecular weight excluding hydrogens is 309 g/mol. The van der Waals surface area contributed by atoms with Crippen molar-refractivity contribution < 1.29 is 14.0 Å². The highest BCUT2D eigenvalue weighted by atomic mass is 19.1. The highest BCUT2D eigenvalue weighted by Crippen LogP contribution is 2.19. The molecule has 0 spiro atoms. The van der Waals surface area contributed by atoms with Gasteiger partial charge in [0.25, 0.3) is 0 Å². The molecule has 1 heterocycles. The molecular formula is C18H16FN3O2. The minimum Gasteiger partial charge on any atom is -0.336 e. The third-order valence-electron chi connectivity index (χ3n) is 3.58. The minimum atomic E-state index is -0.348. The summed E-state index contributed by atoms with van der Waals surface area (Å²) < 4.78 is 13.1. The molecule has 0 aromatic heterocycles. The summed E-state index contributed by atoms with van der Waals surface area (Å²) in [6.07, 6.45) is 2.89. The number of amides is 3. The molecule has 0 radical (unpaired) electrons. The average molecular weight is 325 g/mol. The highest BCUT2D eigenvalue weighted by Gasteiger charge is 2.20. The van der Waals surface area contributed by atoms with Crippen LogP contribution in [0.5, 0.6) is 0 Å². The van der Waals surface area contributed by atoms with E-state index in [4.69, 9.17) is 0 Å². The number of carbonyl (C=O) groups is 2. The van der Waals surface area contributed by atoms with Gasteiger partial charge in [0, 0.05) is 30.5 Å². The van der Waals surface area contributed by atoms with Crippen LogP contribution in [0.4, 0.5) is 20.6 Å². The third-order valence-corrected chi connectivity index (χ3v) is 3.58. The van der Waals surface area contributed by atoms with Crippen LogP contribution in [0.3, 0.4) is 0 Å². The molecule has 6 heteroatoms. The van der Waals surface area contributed by atoms with Crippen molar-refractivity contribution in [2.45, 2.75) is 0 Å². The maximum absolute atomic E-state index is 13.1. The molecule has 1 aliphatic heterocycles. The van der Waals surface area contributed by atoms with Gasteiger partial charge in [-0.3, -0.25) is 9.69 Å². The summed E-state index contributed by atoms with van der Waals surface area (Å²) in [5.41, 5.74) is 2.01. The van der Waals surface area contributed by atoms with Crippen molar-refractivity contribution >= 4 is 29.4 Å². The van der Waals surface area contributed by atoms with Crippen LogP contribution in [-0.2, 0) is 4.79 Å². The van der Waals surface area contributed by atoms with Gasteiger partial charge in [0.2, 0.25) is 5.91 Å². The van der Waals surface area contributed by atoms with E-state index in [1.165, 1.54) is 18.2 Å². The zero-order chi connectivity index (χ0) is 16.9. The Hall–Kier alpha value is -3.15. The molecule has 0 saturated carbocycles. The molecule has 1 aliphatic rings. The topological polar surface area (TPSA) is 61.4 Å². The summed E-state index contributed by atoms with van der Waals surface area (Å²) in [5.74, 6) is -0.662. The number of hydrogen-bond acceptors (Lipinski definition) is 2. The summed E-state index contributed by atoms with van der Waals surface area (Å²) in [6.45, 7) is 1.25. The maximum Gasteiger partial charge on any atom is 0.321 e. The summed E-state index contributed by atoms with van der Waals surface area (Å²) in [4.78, 5) is 25.1. The predicted molar refractivity (Wildman–Crippen MR) is 91.3 cm³/mol. The molecule has 0 atom stereocenters. The molecule has 3 amide bonds. The Morgan fingerprint density at radius 2 is 2.00 bits per heavy atom. The second-order valence-corrected chi connectivity index (χ2v) is 5.31. The lowest BCUT2D eigenvalue weighted by atomic mass is 10.2. The van der Waals surface area contributed by atoms with E-state index in [0.29, 0.717) is 24.3 Å². The van der Waals surface area contributed by atoms with E-state index >= 15 is 0 Å². The maximum atomic E-state index is 13.1. The van der Waals surface area contributed by atoms with E-state index in [0.717, 1.165) is 5.69 Å². The average Bonchev–Trinajstić information content (AvgIpc) is 3.00. The zero-order valence-electron chi connectivity index (χ0n) is 12.8. The van der Waals surface area contributed by atoms with Crippen molar-refractivity contribution in [1.82, 2.24) is 5.32 Å². The van der Waals surface area contributed by atoms with Crippen LogP contribution in [0.1, 0.15) is 5.56 Å². The van der Waals surface area contributed by atoms with Crippen LogP contribution >= 0.6 is 0 Å². The van der Waals surface area contributed by atoms with E-state index in [-0.39, 0.29) is 17.8 Å². The van der Waals surface area contributed by atoms with Gasteiger partial charge in [0.1, 0.15) is 5.82 Å². The number of rotatable bonds is 4. The molecule has 3 rings (SSSR count). The number of nitrogens with zero attached hydrogens (tertiary/aromatic N) is 1. The molecule has 24 heavy (non-hydrogen) atoms. The molecule has 0 aliphatic carbocycles. The third kappa shape index (κ3) is 3.78. The van der Waals surface area contributed by atoms with Gasteiger partial charge in [-0.1, -0.05) is 12.1 Å². The van der Waals surface area contributed by atoms with Gasteiger partial charge in [-0.2, -0.15) is 0 Å². The molecule has 2 N–H and O–H groups in total. The Kier molecular flexibility index (Phi) is 4.56. The Labute approximate surface area is 138 Å². The Morgan fingerprint density at radius 3 is 2.67 bits per heavy atom. The van der Waals surface area contributed by atoms with Gasteiger partial charge in [0.05, 0.1) is 0 Å². The molecule has 2 aromatic carbocycles. The van der Waals surface area contributed by atoms with Crippen molar-refractivity contribution in [2.24, 2.45) is 0 Å². The molecule has 0 bridgehead atoms. The van der Waals surface area contributed by atoms with Crippen LogP contribution in [0.15, 0.2) is 54.6 Å². The van der Waals surface area contributed by atoms with Crippen molar-refractivity contribution in [1.29, 1.82) is 0 Å². The first-order chi connectivity index (χ1) is 11.6. The monoisotopic (exact) mass is 325 g/mol. The van der Waals surface area contributed by atoms with E-state index < -0.39 is 0 Å². The molecule has 122 valence electrons. The van der Waals surface area contributed by atoms with Gasteiger partial charge in [-0.15, -0.1) is 0 Å².